The molecule has 0 saturated carbocycles. The normalized spacial score (nSPS) is 10.0. The molecule has 0 fully saturated rings. The smallest absolute Gasteiger partial charge is 0.426 e. The van der Waals surface area contributed by atoms with Gasteiger partial charge < -0.3 is 4.74 Å². The number of benzene rings is 1. The summed E-state index contributed by atoms with van der Waals surface area (Å²) in [5.74, 6) is -0.343. The molecule has 2 rings (SSSR count). The first-order valence-electron chi connectivity index (χ1n) is 6.86. The number of rotatable bonds is 5. The van der Waals surface area contributed by atoms with Crippen LogP contribution in [0, 0.1) is 0 Å². The van der Waals surface area contributed by atoms with E-state index in [9.17, 15) is 9.59 Å². The Kier molecular flexibility index (Phi) is 5.91. The maximum Gasteiger partial charge on any atom is 0.426 e. The van der Waals surface area contributed by atoms with Gasteiger partial charge in [-0.1, -0.05) is 30.3 Å². The molecule has 0 atom stereocenters. The number of amides is 2. The van der Waals surface area contributed by atoms with Crippen LogP contribution in [0.1, 0.15) is 23.2 Å². The Bertz CT molecular complexity index is 628. The van der Waals surface area contributed by atoms with E-state index < -0.39 is 6.09 Å². The Labute approximate surface area is 132 Å². The van der Waals surface area contributed by atoms with Crippen LogP contribution in [-0.2, 0) is 22.4 Å². The van der Waals surface area contributed by atoms with E-state index in [4.69, 9.17) is 0 Å². The standard InChI is InChI=1S/C15H17N3O3S/c1-2-21-15(20)18-17-13(19)9-12-10-22-14(16-12)8-11-6-4-3-5-7-11/h3-7,10H,2,8-9H2,1H3,(H,17,19)(H,18,20). The van der Waals surface area contributed by atoms with Gasteiger partial charge >= 0.3 is 6.09 Å². The number of nitrogens with zero attached hydrogens (tertiary/aromatic N) is 1. The molecule has 22 heavy (non-hydrogen) atoms. The lowest BCUT2D eigenvalue weighted by Gasteiger charge is -2.05. The average Bonchev–Trinajstić information content (AvgIpc) is 2.93. The van der Waals surface area contributed by atoms with Gasteiger partial charge in [0.25, 0.3) is 0 Å². The predicted molar refractivity (Wildman–Crippen MR) is 83.4 cm³/mol. The Morgan fingerprint density at radius 2 is 2.00 bits per heavy atom. The van der Waals surface area contributed by atoms with E-state index in [1.165, 1.54) is 16.9 Å². The monoisotopic (exact) mass is 319 g/mol. The van der Waals surface area contributed by atoms with Crippen LogP contribution in [0.5, 0.6) is 0 Å². The first-order valence-corrected chi connectivity index (χ1v) is 7.74. The van der Waals surface area contributed by atoms with Crippen molar-refractivity contribution in [3.63, 3.8) is 0 Å². The number of hydrogen-bond donors (Lipinski definition) is 2. The van der Waals surface area contributed by atoms with Crippen LogP contribution >= 0.6 is 11.3 Å². The van der Waals surface area contributed by atoms with E-state index in [0.717, 1.165) is 11.4 Å². The minimum absolute atomic E-state index is 0.109. The van der Waals surface area contributed by atoms with Crippen molar-refractivity contribution in [2.75, 3.05) is 6.61 Å². The number of carbonyl (C=O) groups is 2. The predicted octanol–water partition coefficient (Wildman–Crippen LogP) is 2.05. The maximum atomic E-state index is 11.7. The molecule has 1 aromatic heterocycles. The summed E-state index contributed by atoms with van der Waals surface area (Å²) >= 11 is 1.52. The topological polar surface area (TPSA) is 80.3 Å². The molecule has 0 aliphatic heterocycles. The van der Waals surface area contributed by atoms with Gasteiger partial charge in [0.15, 0.2) is 0 Å². The van der Waals surface area contributed by atoms with Gasteiger partial charge in [-0.2, -0.15) is 0 Å². The summed E-state index contributed by atoms with van der Waals surface area (Å²) in [6.07, 6.45) is 0.171. The van der Waals surface area contributed by atoms with E-state index in [-0.39, 0.29) is 18.9 Å². The minimum Gasteiger partial charge on any atom is -0.449 e. The molecular weight excluding hydrogens is 302 g/mol. The zero-order chi connectivity index (χ0) is 15.8. The van der Waals surface area contributed by atoms with E-state index in [0.29, 0.717) is 5.69 Å². The second-order valence-electron chi connectivity index (χ2n) is 4.47. The lowest BCUT2D eigenvalue weighted by Crippen LogP contribution is -2.42. The highest BCUT2D eigenvalue weighted by Gasteiger charge is 2.09. The third-order valence-electron chi connectivity index (χ3n) is 2.72. The van der Waals surface area contributed by atoms with Crippen LogP contribution < -0.4 is 10.9 Å². The van der Waals surface area contributed by atoms with Crippen molar-refractivity contribution in [1.29, 1.82) is 0 Å². The summed E-state index contributed by atoms with van der Waals surface area (Å²) in [4.78, 5) is 27.1. The van der Waals surface area contributed by atoms with Crippen molar-refractivity contribution in [2.45, 2.75) is 19.8 Å². The third kappa shape index (κ3) is 5.17. The Hall–Kier alpha value is -2.41. The quantitative estimate of drug-likeness (QED) is 0.827. The average molecular weight is 319 g/mol. The fraction of sp³-hybridized carbons (Fsp3) is 0.267. The molecule has 0 aliphatic rings. The van der Waals surface area contributed by atoms with Gasteiger partial charge in [-0.15, -0.1) is 11.3 Å². The Morgan fingerprint density at radius 3 is 2.73 bits per heavy atom. The molecule has 7 heteroatoms. The molecule has 2 N–H and O–H groups in total. The maximum absolute atomic E-state index is 11.7. The Balaban J connectivity index is 1.81. The van der Waals surface area contributed by atoms with Gasteiger partial charge in [0, 0.05) is 11.8 Å². The number of hydrazine groups is 1. The molecule has 0 unspecified atom stereocenters. The molecule has 116 valence electrons. The van der Waals surface area contributed by atoms with Gasteiger partial charge in [0.1, 0.15) is 0 Å². The van der Waals surface area contributed by atoms with Gasteiger partial charge in [-0.05, 0) is 12.5 Å². The fourth-order valence-corrected chi connectivity index (χ4v) is 2.61. The molecule has 0 spiro atoms. The molecule has 0 bridgehead atoms. The molecule has 2 amide bonds. The molecular formula is C15H17N3O3S. The van der Waals surface area contributed by atoms with E-state index in [2.05, 4.69) is 20.6 Å². The third-order valence-corrected chi connectivity index (χ3v) is 3.62. The number of carbonyl (C=O) groups excluding carboxylic acids is 2. The molecule has 0 saturated heterocycles. The van der Waals surface area contributed by atoms with E-state index in [1.807, 2.05) is 35.7 Å². The summed E-state index contributed by atoms with van der Waals surface area (Å²) in [6.45, 7) is 1.93. The number of thiazole rings is 1. The fourth-order valence-electron chi connectivity index (χ4n) is 1.78. The van der Waals surface area contributed by atoms with Crippen LogP contribution in [0.15, 0.2) is 35.7 Å². The van der Waals surface area contributed by atoms with Gasteiger partial charge in [0.05, 0.1) is 23.7 Å². The lowest BCUT2D eigenvalue weighted by atomic mass is 10.2. The molecule has 2 aromatic rings. The van der Waals surface area contributed by atoms with Crippen molar-refractivity contribution in [3.8, 4) is 0 Å². The summed E-state index contributed by atoms with van der Waals surface area (Å²) in [5, 5.41) is 2.80. The van der Waals surface area contributed by atoms with Crippen LogP contribution in [0.3, 0.4) is 0 Å². The highest BCUT2D eigenvalue weighted by molar-refractivity contribution is 7.09. The number of nitrogens with one attached hydrogen (secondary N) is 2. The second kappa shape index (κ2) is 8.14. The zero-order valence-electron chi connectivity index (χ0n) is 12.2. The molecule has 6 nitrogen and oxygen atoms in total. The SMILES string of the molecule is CCOC(=O)NNC(=O)Cc1csc(Cc2ccccc2)n1. The van der Waals surface area contributed by atoms with Crippen molar-refractivity contribution >= 4 is 23.3 Å². The van der Waals surface area contributed by atoms with Crippen LogP contribution in [-0.4, -0.2) is 23.6 Å². The number of aromatic nitrogens is 1. The molecule has 0 aliphatic carbocycles. The first kappa shape index (κ1) is 16.0. The summed E-state index contributed by atoms with van der Waals surface area (Å²) < 4.78 is 4.63. The summed E-state index contributed by atoms with van der Waals surface area (Å²) in [5.41, 5.74) is 6.30. The van der Waals surface area contributed by atoms with Crippen molar-refractivity contribution in [3.05, 3.63) is 52.0 Å². The van der Waals surface area contributed by atoms with Crippen molar-refractivity contribution < 1.29 is 14.3 Å². The zero-order valence-corrected chi connectivity index (χ0v) is 13.0. The first-order chi connectivity index (χ1) is 10.7. The van der Waals surface area contributed by atoms with Crippen LogP contribution in [0.25, 0.3) is 0 Å². The summed E-state index contributed by atoms with van der Waals surface area (Å²) in [7, 11) is 0. The highest BCUT2D eigenvalue weighted by atomic mass is 32.1. The highest BCUT2D eigenvalue weighted by Crippen LogP contribution is 2.15. The van der Waals surface area contributed by atoms with Gasteiger partial charge in [-0.25, -0.2) is 15.2 Å². The van der Waals surface area contributed by atoms with Crippen LogP contribution in [0.2, 0.25) is 0 Å². The Morgan fingerprint density at radius 1 is 1.23 bits per heavy atom. The minimum atomic E-state index is -0.682. The molecule has 1 heterocycles. The van der Waals surface area contributed by atoms with Crippen molar-refractivity contribution in [2.24, 2.45) is 0 Å². The summed E-state index contributed by atoms with van der Waals surface area (Å²) in [6, 6.07) is 10.0. The molecule has 0 radical (unpaired) electrons. The second-order valence-corrected chi connectivity index (χ2v) is 5.41. The number of ether oxygens (including phenoxy) is 1. The van der Waals surface area contributed by atoms with Crippen LogP contribution in [0.4, 0.5) is 4.79 Å². The lowest BCUT2D eigenvalue weighted by molar-refractivity contribution is -0.121. The largest absolute Gasteiger partial charge is 0.449 e. The van der Waals surface area contributed by atoms with Gasteiger partial charge in [-0.3, -0.25) is 10.2 Å². The number of hydrogen-bond acceptors (Lipinski definition) is 5. The van der Waals surface area contributed by atoms with E-state index in [1.54, 1.807) is 6.92 Å². The van der Waals surface area contributed by atoms with E-state index >= 15 is 0 Å². The molecule has 1 aromatic carbocycles. The van der Waals surface area contributed by atoms with Gasteiger partial charge in [0.2, 0.25) is 5.91 Å². The van der Waals surface area contributed by atoms with Crippen molar-refractivity contribution in [1.82, 2.24) is 15.8 Å².